The minimum Gasteiger partial charge on any atom is -0.496 e. The number of carbonyl (C=O) groups excluding carboxylic acids is 2. The van der Waals surface area contributed by atoms with Crippen LogP contribution in [-0.2, 0) is 14.3 Å². The fraction of sp³-hybridized carbons (Fsp3) is 0.286. The van der Waals surface area contributed by atoms with Crippen LogP contribution in [0.15, 0.2) is 18.2 Å². The highest BCUT2D eigenvalue weighted by atomic mass is 16.5. The number of amides is 1. The molecule has 2 N–H and O–H groups in total. The molecule has 114 valence electrons. The summed E-state index contributed by atoms with van der Waals surface area (Å²) >= 11 is 0. The lowest BCUT2D eigenvalue weighted by atomic mass is 10.1. The van der Waals surface area contributed by atoms with Crippen molar-refractivity contribution in [3.05, 3.63) is 23.8 Å². The molecule has 0 heterocycles. The molecule has 0 radical (unpaired) electrons. The topological polar surface area (TPSA) is 97.1 Å². The molecule has 0 fully saturated rings. The van der Waals surface area contributed by atoms with Crippen LogP contribution >= 0.6 is 0 Å². The SMILES string of the molecule is COc1cc(OC)c(OC)cc1/C=C/C(=O)OCC(N)=O. The van der Waals surface area contributed by atoms with Gasteiger partial charge in [0.2, 0.25) is 0 Å². The van der Waals surface area contributed by atoms with Crippen molar-refractivity contribution in [2.45, 2.75) is 0 Å². The number of nitrogens with two attached hydrogens (primary N) is 1. The molecule has 1 aromatic carbocycles. The second kappa shape index (κ2) is 7.78. The van der Waals surface area contributed by atoms with Crippen LogP contribution in [-0.4, -0.2) is 39.8 Å². The fourth-order valence-electron chi connectivity index (χ4n) is 1.53. The van der Waals surface area contributed by atoms with Crippen molar-refractivity contribution in [2.24, 2.45) is 5.73 Å². The highest BCUT2D eigenvalue weighted by Crippen LogP contribution is 2.35. The van der Waals surface area contributed by atoms with E-state index in [0.29, 0.717) is 22.8 Å². The Morgan fingerprint density at radius 2 is 1.62 bits per heavy atom. The molecule has 1 aromatic rings. The number of benzene rings is 1. The van der Waals surface area contributed by atoms with Gasteiger partial charge in [0.1, 0.15) is 5.75 Å². The molecule has 21 heavy (non-hydrogen) atoms. The summed E-state index contributed by atoms with van der Waals surface area (Å²) in [6, 6.07) is 3.28. The highest BCUT2D eigenvalue weighted by Gasteiger charge is 2.10. The maximum Gasteiger partial charge on any atom is 0.331 e. The summed E-state index contributed by atoms with van der Waals surface area (Å²) in [5, 5.41) is 0. The predicted molar refractivity (Wildman–Crippen MR) is 75.3 cm³/mol. The van der Waals surface area contributed by atoms with Crippen LogP contribution in [0.2, 0.25) is 0 Å². The largest absolute Gasteiger partial charge is 0.496 e. The normalized spacial score (nSPS) is 10.2. The first kappa shape index (κ1) is 16.4. The number of carbonyl (C=O) groups is 2. The molecule has 0 bridgehead atoms. The lowest BCUT2D eigenvalue weighted by Crippen LogP contribution is -2.19. The van der Waals surface area contributed by atoms with Gasteiger partial charge in [-0.05, 0) is 12.1 Å². The molecule has 7 nitrogen and oxygen atoms in total. The summed E-state index contributed by atoms with van der Waals surface area (Å²) in [5.74, 6) is 0.0731. The number of ether oxygens (including phenoxy) is 4. The van der Waals surface area contributed by atoms with Gasteiger partial charge in [-0.1, -0.05) is 0 Å². The van der Waals surface area contributed by atoms with E-state index in [4.69, 9.17) is 19.9 Å². The van der Waals surface area contributed by atoms with E-state index in [2.05, 4.69) is 4.74 Å². The van der Waals surface area contributed by atoms with Crippen LogP contribution in [0, 0.1) is 0 Å². The Hall–Kier alpha value is -2.70. The van der Waals surface area contributed by atoms with Crippen molar-refractivity contribution in [2.75, 3.05) is 27.9 Å². The van der Waals surface area contributed by atoms with E-state index < -0.39 is 18.5 Å². The third-order valence-corrected chi connectivity index (χ3v) is 2.49. The van der Waals surface area contributed by atoms with Gasteiger partial charge in [-0.15, -0.1) is 0 Å². The van der Waals surface area contributed by atoms with Crippen LogP contribution in [0.25, 0.3) is 6.08 Å². The Morgan fingerprint density at radius 1 is 1.05 bits per heavy atom. The van der Waals surface area contributed by atoms with Crippen molar-refractivity contribution < 1.29 is 28.5 Å². The predicted octanol–water partition coefficient (Wildman–Crippen LogP) is 0.754. The number of primary amides is 1. The van der Waals surface area contributed by atoms with Gasteiger partial charge in [0.05, 0.1) is 21.3 Å². The zero-order chi connectivity index (χ0) is 15.8. The van der Waals surface area contributed by atoms with Crippen LogP contribution < -0.4 is 19.9 Å². The summed E-state index contributed by atoms with van der Waals surface area (Å²) in [6.07, 6.45) is 2.64. The molecule has 0 spiro atoms. The minimum absolute atomic E-state index is 0.466. The fourth-order valence-corrected chi connectivity index (χ4v) is 1.53. The maximum atomic E-state index is 11.4. The molecule has 1 rings (SSSR count). The quantitative estimate of drug-likeness (QED) is 0.589. The third-order valence-electron chi connectivity index (χ3n) is 2.49. The number of hydrogen-bond acceptors (Lipinski definition) is 6. The second-order valence-electron chi connectivity index (χ2n) is 3.86. The van der Waals surface area contributed by atoms with Crippen LogP contribution in [0.4, 0.5) is 0 Å². The first-order chi connectivity index (χ1) is 10.0. The van der Waals surface area contributed by atoms with Gasteiger partial charge in [0.15, 0.2) is 18.1 Å². The van der Waals surface area contributed by atoms with Crippen molar-refractivity contribution in [1.29, 1.82) is 0 Å². The van der Waals surface area contributed by atoms with E-state index >= 15 is 0 Å². The number of esters is 1. The molecule has 7 heteroatoms. The van der Waals surface area contributed by atoms with Crippen molar-refractivity contribution in [1.82, 2.24) is 0 Å². The molecular formula is C14H17NO6. The number of methoxy groups -OCH3 is 3. The Kier molecular flexibility index (Phi) is 6.06. The summed E-state index contributed by atoms with van der Waals surface area (Å²) in [4.78, 5) is 21.9. The van der Waals surface area contributed by atoms with Gasteiger partial charge in [0, 0.05) is 17.7 Å². The van der Waals surface area contributed by atoms with E-state index in [9.17, 15) is 9.59 Å². The van der Waals surface area contributed by atoms with Crippen LogP contribution in [0.5, 0.6) is 17.2 Å². The smallest absolute Gasteiger partial charge is 0.331 e. The summed E-state index contributed by atoms with van der Waals surface area (Å²) < 4.78 is 20.1. The molecule has 0 aromatic heterocycles. The van der Waals surface area contributed by atoms with E-state index in [0.717, 1.165) is 6.08 Å². The van der Waals surface area contributed by atoms with Gasteiger partial charge in [-0.2, -0.15) is 0 Å². The summed E-state index contributed by atoms with van der Waals surface area (Å²) in [7, 11) is 4.50. The zero-order valence-corrected chi connectivity index (χ0v) is 12.0. The monoisotopic (exact) mass is 295 g/mol. The lowest BCUT2D eigenvalue weighted by molar-refractivity contribution is -0.142. The first-order valence-corrected chi connectivity index (χ1v) is 5.95. The zero-order valence-electron chi connectivity index (χ0n) is 12.0. The van der Waals surface area contributed by atoms with Gasteiger partial charge < -0.3 is 24.7 Å². The number of hydrogen-bond donors (Lipinski definition) is 1. The molecule has 0 aliphatic heterocycles. The molecule has 0 unspecified atom stereocenters. The molecule has 0 aliphatic carbocycles. The average molecular weight is 295 g/mol. The molecule has 0 atom stereocenters. The highest BCUT2D eigenvalue weighted by molar-refractivity contribution is 5.89. The standard InChI is InChI=1S/C14H17NO6/c1-18-10-7-12(20-3)11(19-2)6-9(10)4-5-14(17)21-8-13(15)16/h4-7H,8H2,1-3H3,(H2,15,16)/b5-4+. The molecule has 0 saturated heterocycles. The van der Waals surface area contributed by atoms with Crippen LogP contribution in [0.1, 0.15) is 5.56 Å². The average Bonchev–Trinajstić information content (AvgIpc) is 2.49. The Bertz CT molecular complexity index is 553. The Labute approximate surface area is 122 Å². The second-order valence-corrected chi connectivity index (χ2v) is 3.86. The molecule has 1 amide bonds. The maximum absolute atomic E-state index is 11.4. The molecule has 0 aliphatic rings. The van der Waals surface area contributed by atoms with Gasteiger partial charge >= 0.3 is 5.97 Å². The van der Waals surface area contributed by atoms with E-state index in [1.807, 2.05) is 0 Å². The third kappa shape index (κ3) is 4.72. The van der Waals surface area contributed by atoms with Crippen molar-refractivity contribution in [3.8, 4) is 17.2 Å². The van der Waals surface area contributed by atoms with Gasteiger partial charge in [0.25, 0.3) is 5.91 Å². The van der Waals surface area contributed by atoms with Crippen LogP contribution in [0.3, 0.4) is 0 Å². The van der Waals surface area contributed by atoms with E-state index in [1.54, 1.807) is 12.1 Å². The Morgan fingerprint density at radius 3 is 2.14 bits per heavy atom. The van der Waals surface area contributed by atoms with E-state index in [1.165, 1.54) is 27.4 Å². The summed E-state index contributed by atoms with van der Waals surface area (Å²) in [5.41, 5.74) is 5.46. The van der Waals surface area contributed by atoms with Gasteiger partial charge in [-0.25, -0.2) is 4.79 Å². The molecular weight excluding hydrogens is 278 g/mol. The summed E-state index contributed by atoms with van der Waals surface area (Å²) in [6.45, 7) is -0.466. The van der Waals surface area contributed by atoms with Crippen molar-refractivity contribution in [3.63, 3.8) is 0 Å². The lowest BCUT2D eigenvalue weighted by Gasteiger charge is -2.12. The van der Waals surface area contributed by atoms with Crippen molar-refractivity contribution >= 4 is 18.0 Å². The Balaban J connectivity index is 2.95. The van der Waals surface area contributed by atoms with E-state index in [-0.39, 0.29) is 0 Å². The minimum atomic E-state index is -0.722. The van der Waals surface area contributed by atoms with Gasteiger partial charge in [-0.3, -0.25) is 4.79 Å². The first-order valence-electron chi connectivity index (χ1n) is 5.95. The molecule has 0 saturated carbocycles. The number of rotatable bonds is 7.